The predicted octanol–water partition coefficient (Wildman–Crippen LogP) is 4.70. The molecule has 1 aromatic heterocycles. The zero-order valence-corrected chi connectivity index (χ0v) is 61.8. The van der Waals surface area contributed by atoms with Crippen LogP contribution >= 0.6 is 0 Å². The van der Waals surface area contributed by atoms with Crippen molar-refractivity contribution in [1.82, 2.24) is 46.7 Å². The minimum atomic E-state index is -1.89. The standard InChI is InChI=1S/C80H98F3N11O15/c1-44-67(96)36-53(33-54-42-87-62-24-19-56(82)39-61(54)62)75(103)90-65(34-50-16-15-49-17-18-55(81)38-60(49)50)78(106)93-43-57(83)40-66(93)76(104)92-72(45(2)95)77(105)91-64(31-47-11-20-58(108-4)21-12-47)79(107)94-28-7-25-80(94,3)69(98)37-52(73(85)101)30-46-13-22-59(23-14-46)109-29-27-86-70(99)41-63(89-71(100)32-48-9-10-48)68(97)35-51(74(102)88-44)8-5-6-26-84/h11-14,16-24,38-39,42,44-45,48,51-53,57,63-66,72,87,95H,5-10,15,25-37,40-41,43,84H2,1-4H3,(H2,85,101)(H,86,99)(H,88,102)(H,89,100)(H,90,103)(H,91,105)(H,92,104)/t44-,45-,51-,52-,53-,57+,63+,64+,65+,66+,72+,80+/m1/s1. The Labute approximate surface area is 629 Å². The molecule has 2 bridgehead atoms. The number of amides is 9. The molecular weight excluding hydrogens is 1410 g/mol. The van der Waals surface area contributed by atoms with Crippen LogP contribution in [0.1, 0.15) is 138 Å². The monoisotopic (exact) mass is 1510 g/mol. The summed E-state index contributed by atoms with van der Waals surface area (Å²) in [5.74, 6) is -13.3. The fourth-order valence-corrected chi connectivity index (χ4v) is 15.0. The molecule has 584 valence electrons. The van der Waals surface area contributed by atoms with Crippen molar-refractivity contribution in [3.63, 3.8) is 0 Å². The Kier molecular flexibility index (Phi) is 27.4. The number of halogens is 3. The van der Waals surface area contributed by atoms with Gasteiger partial charge in [0.25, 0.3) is 0 Å². The number of ketones is 3. The largest absolute Gasteiger partial charge is 0.497 e. The van der Waals surface area contributed by atoms with Crippen molar-refractivity contribution in [3.8, 4) is 11.5 Å². The Morgan fingerprint density at radius 1 is 0.780 bits per heavy atom. The smallest absolute Gasteiger partial charge is 0.246 e. The molecule has 109 heavy (non-hydrogen) atoms. The van der Waals surface area contributed by atoms with E-state index >= 15 is 27.6 Å². The van der Waals surface area contributed by atoms with Crippen LogP contribution in [-0.4, -0.2) is 184 Å². The van der Waals surface area contributed by atoms with Gasteiger partial charge in [-0.15, -0.1) is 0 Å². The van der Waals surface area contributed by atoms with E-state index in [1.54, 1.807) is 67.6 Å². The summed E-state index contributed by atoms with van der Waals surface area (Å²) in [5, 5.41) is 27.9. The zero-order valence-electron chi connectivity index (χ0n) is 61.8. The third-order valence-electron chi connectivity index (χ3n) is 21.5. The number of rotatable bonds is 16. The molecule has 9 amide bonds. The number of Topliss-reactive ketones (excluding diaryl/α,β-unsaturated/α-hetero) is 3. The van der Waals surface area contributed by atoms with Gasteiger partial charge < -0.3 is 72.7 Å². The molecule has 26 nitrogen and oxygen atoms in total. The zero-order chi connectivity index (χ0) is 78.4. The average molecular weight is 1510 g/mol. The number of allylic oxidation sites excluding steroid dienone is 1. The maximum absolute atomic E-state index is 16.3. The highest BCUT2D eigenvalue weighted by atomic mass is 19.1. The summed E-state index contributed by atoms with van der Waals surface area (Å²) in [6.45, 7) is 3.56. The first-order chi connectivity index (χ1) is 52.1. The second-order valence-electron chi connectivity index (χ2n) is 29.7. The molecule has 5 heterocycles. The molecule has 2 saturated heterocycles. The first-order valence-corrected chi connectivity index (χ1v) is 37.5. The minimum Gasteiger partial charge on any atom is -0.497 e. The number of fused-ring (bicyclic) bond motifs is 32. The van der Waals surface area contributed by atoms with E-state index in [0.29, 0.717) is 75.1 Å². The number of alkyl halides is 1. The van der Waals surface area contributed by atoms with E-state index in [1.165, 1.54) is 62.4 Å². The molecule has 0 unspecified atom stereocenters. The Bertz CT molecular complexity index is 4240. The topological polar surface area (TPSA) is 390 Å². The van der Waals surface area contributed by atoms with Crippen LogP contribution in [0.5, 0.6) is 11.5 Å². The summed E-state index contributed by atoms with van der Waals surface area (Å²) in [6.07, 6.45) is -0.520. The van der Waals surface area contributed by atoms with Gasteiger partial charge in [-0.3, -0.25) is 57.5 Å². The van der Waals surface area contributed by atoms with Crippen LogP contribution in [0.15, 0.2) is 97.2 Å². The fourth-order valence-electron chi connectivity index (χ4n) is 15.0. The third-order valence-corrected chi connectivity index (χ3v) is 21.5. The number of H-pyrrole nitrogens is 1. The number of nitrogens with zero attached hydrogens (tertiary/aromatic N) is 2. The number of nitrogens with two attached hydrogens (primary N) is 2. The van der Waals surface area contributed by atoms with E-state index in [9.17, 15) is 48.3 Å². The number of aromatic nitrogens is 1. The van der Waals surface area contributed by atoms with Gasteiger partial charge in [-0.05, 0) is 179 Å². The van der Waals surface area contributed by atoms with Crippen molar-refractivity contribution in [1.29, 1.82) is 0 Å². The third kappa shape index (κ3) is 21.2. The average Bonchev–Trinajstić information content (AvgIpc) is 1.67. The first-order valence-electron chi connectivity index (χ1n) is 37.5. The maximum Gasteiger partial charge on any atom is 0.246 e. The number of unbranched alkanes of at least 4 members (excludes halogenated alkanes) is 1. The van der Waals surface area contributed by atoms with Gasteiger partial charge in [-0.2, -0.15) is 0 Å². The van der Waals surface area contributed by atoms with Gasteiger partial charge in [0.1, 0.15) is 60.1 Å². The number of methoxy groups -OCH3 is 1. The summed E-state index contributed by atoms with van der Waals surface area (Å²) in [6, 6.07) is 11.5. The van der Waals surface area contributed by atoms with Gasteiger partial charge in [-0.25, -0.2) is 13.2 Å². The normalized spacial score (nSPS) is 26.1. The van der Waals surface area contributed by atoms with Gasteiger partial charge in [0.05, 0.1) is 50.3 Å². The van der Waals surface area contributed by atoms with Crippen molar-refractivity contribution in [2.45, 2.75) is 190 Å². The molecular formula is C80H98F3N11O15. The van der Waals surface area contributed by atoms with Gasteiger partial charge in [-0.1, -0.05) is 42.8 Å². The van der Waals surface area contributed by atoms with E-state index in [4.69, 9.17) is 20.9 Å². The van der Waals surface area contributed by atoms with Crippen LogP contribution in [0.25, 0.3) is 16.5 Å². The van der Waals surface area contributed by atoms with Gasteiger partial charge in [0.2, 0.25) is 53.2 Å². The number of ether oxygens (including phenoxy) is 2. The second-order valence-corrected chi connectivity index (χ2v) is 29.7. The Hall–Kier alpha value is -10.3. The highest BCUT2D eigenvalue weighted by Crippen LogP contribution is 2.37. The number of carbonyl (C=O) groups is 12. The lowest BCUT2D eigenvalue weighted by molar-refractivity contribution is -0.147. The number of primary amides is 1. The number of carbonyl (C=O) groups excluding carboxylic acids is 12. The Balaban J connectivity index is 0.987. The Morgan fingerprint density at radius 2 is 1.48 bits per heavy atom. The van der Waals surface area contributed by atoms with Crippen LogP contribution in [-0.2, 0) is 83.2 Å². The number of hydrogen-bond acceptors (Lipinski definition) is 16. The predicted molar refractivity (Wildman–Crippen MR) is 395 cm³/mol. The van der Waals surface area contributed by atoms with Gasteiger partial charge in [0.15, 0.2) is 17.3 Å². The maximum atomic E-state index is 16.3. The van der Waals surface area contributed by atoms with Crippen molar-refractivity contribution in [2.24, 2.45) is 35.1 Å². The van der Waals surface area contributed by atoms with Crippen LogP contribution in [0.2, 0.25) is 0 Å². The molecule has 3 fully saturated rings. The number of aliphatic hydroxyl groups excluding tert-OH is 1. The number of hydrogen-bond donors (Lipinski definition) is 10. The van der Waals surface area contributed by atoms with E-state index in [0.717, 1.165) is 17.7 Å². The van der Waals surface area contributed by atoms with Gasteiger partial charge in [0, 0.05) is 86.3 Å². The fraction of sp³-hybridized carbons (Fsp3) is 0.500. The number of benzene rings is 4. The Morgan fingerprint density at radius 3 is 2.18 bits per heavy atom. The van der Waals surface area contributed by atoms with E-state index in [-0.39, 0.29) is 83.5 Å². The molecule has 6 aliphatic rings. The number of nitrogens with one attached hydrogen (secondary N) is 7. The molecule has 29 heteroatoms. The van der Waals surface area contributed by atoms with Crippen LogP contribution in [0, 0.1) is 35.3 Å². The molecule has 2 aliphatic carbocycles. The van der Waals surface area contributed by atoms with E-state index < -0.39 is 193 Å². The lowest BCUT2D eigenvalue weighted by Crippen LogP contribution is -2.62. The van der Waals surface area contributed by atoms with Crippen molar-refractivity contribution >= 4 is 87.0 Å². The molecule has 5 aromatic rings. The second kappa shape index (κ2) is 36.7. The highest BCUT2D eigenvalue weighted by molar-refractivity contribution is 6.01. The lowest BCUT2D eigenvalue weighted by Gasteiger charge is -2.37. The van der Waals surface area contributed by atoms with E-state index in [1.807, 2.05) is 0 Å². The molecule has 4 aromatic carbocycles. The SMILES string of the molecule is COc1ccc(C[C@@H]2NC(=O)[C@H]([C@@H](C)O)NC(=O)[C@@H]3C[C@H](F)CN3C(=O)[C@H](CC3=CCc4ccc(F)cc43)NC(=O)[C@H](Cc3c[nH]c4ccc(F)cc34)CC(=O)[C@@H](C)NC(=O)[C@H](CCCCN)CC(=O)[C@@H](NC(=O)CC3CC3)CC(=O)NCCOc3ccc(cc3)C[C@@H](C(N)=O)CC(=O)[C@]3(C)CCCN3C2=O)cc1. The molecule has 4 aliphatic heterocycles. The number of aromatic amines is 1. The molecule has 0 spiro atoms. The summed E-state index contributed by atoms with van der Waals surface area (Å²) >= 11 is 0. The molecule has 11 rings (SSSR count). The molecule has 1 saturated carbocycles. The van der Waals surface area contributed by atoms with E-state index in [2.05, 4.69) is 36.9 Å². The van der Waals surface area contributed by atoms with Crippen molar-refractivity contribution in [2.75, 3.05) is 39.9 Å². The van der Waals surface area contributed by atoms with Crippen molar-refractivity contribution < 1.29 is 85.3 Å². The van der Waals surface area contributed by atoms with Gasteiger partial charge >= 0.3 is 0 Å². The summed E-state index contributed by atoms with van der Waals surface area (Å²) < 4.78 is 57.7. The summed E-state index contributed by atoms with van der Waals surface area (Å²) in [7, 11) is 1.46. The number of aliphatic hydroxyl groups is 1. The quantitative estimate of drug-likeness (QED) is 0.0599. The minimum absolute atomic E-state index is 0.00290. The molecule has 12 atom stereocenters. The van der Waals surface area contributed by atoms with Crippen LogP contribution < -0.4 is 52.8 Å². The first kappa shape index (κ1) is 81.2. The molecule has 0 radical (unpaired) electrons. The van der Waals surface area contributed by atoms with Crippen molar-refractivity contribution in [3.05, 3.63) is 137 Å². The van der Waals surface area contributed by atoms with Crippen LogP contribution in [0.4, 0.5) is 13.2 Å². The summed E-state index contributed by atoms with van der Waals surface area (Å²) in [4.78, 5) is 180. The molecule has 12 N–H and O–H groups in total. The highest BCUT2D eigenvalue weighted by Gasteiger charge is 2.49. The van der Waals surface area contributed by atoms with Crippen LogP contribution in [0.3, 0.4) is 0 Å². The summed E-state index contributed by atoms with van der Waals surface area (Å²) in [5.41, 5.74) is 13.7. The lowest BCUT2D eigenvalue weighted by atomic mass is 9.84.